The summed E-state index contributed by atoms with van der Waals surface area (Å²) in [5.41, 5.74) is 10.1. The Morgan fingerprint density at radius 1 is 1.47 bits per heavy atom. The van der Waals surface area contributed by atoms with Crippen LogP contribution in [0.25, 0.3) is 10.9 Å². The molecule has 0 saturated carbocycles. The van der Waals surface area contributed by atoms with E-state index in [2.05, 4.69) is 17.6 Å². The normalized spacial score (nSPS) is 16.4. The molecule has 90 valence electrons. The highest BCUT2D eigenvalue weighted by Crippen LogP contribution is 2.36. The molecule has 2 N–H and O–H groups in total. The van der Waals surface area contributed by atoms with Crippen LogP contribution in [0.15, 0.2) is 18.2 Å². The largest absolute Gasteiger partial charge is 0.344 e. The highest BCUT2D eigenvalue weighted by Gasteiger charge is 2.22. The summed E-state index contributed by atoms with van der Waals surface area (Å²) in [7, 11) is 0. The first kappa shape index (κ1) is 11.1. The third kappa shape index (κ3) is 1.67. The van der Waals surface area contributed by atoms with Gasteiger partial charge in [-0.3, -0.25) is 0 Å². The highest BCUT2D eigenvalue weighted by atomic mass is 35.5. The Hall–Kier alpha value is -0.990. The number of halogens is 1. The van der Waals surface area contributed by atoms with Crippen molar-refractivity contribution in [2.75, 3.05) is 0 Å². The van der Waals surface area contributed by atoms with E-state index in [4.69, 9.17) is 17.3 Å². The molecule has 0 amide bonds. The Bertz CT molecular complexity index is 569. The van der Waals surface area contributed by atoms with Crippen molar-refractivity contribution in [3.63, 3.8) is 0 Å². The van der Waals surface area contributed by atoms with Crippen LogP contribution in [-0.2, 0) is 19.4 Å². The van der Waals surface area contributed by atoms with Crippen LogP contribution in [0.4, 0.5) is 0 Å². The second-order valence-electron chi connectivity index (χ2n) is 5.00. The van der Waals surface area contributed by atoms with Gasteiger partial charge in [0.1, 0.15) is 0 Å². The standard InChI is InChI=1S/C14H17ClN2/c1-9(16)8-10-12-6-3-7-17(12)13-5-2-4-11(15)14(10)13/h2,4-5,9H,3,6-8,16H2,1H3. The van der Waals surface area contributed by atoms with Gasteiger partial charge in [-0.2, -0.15) is 0 Å². The summed E-state index contributed by atoms with van der Waals surface area (Å²) in [6.07, 6.45) is 3.32. The summed E-state index contributed by atoms with van der Waals surface area (Å²) in [6.45, 7) is 3.17. The molecule has 0 aliphatic carbocycles. The SMILES string of the molecule is CC(N)Cc1c2n(c3cccc(Cl)c13)CCC2. The number of hydrogen-bond donors (Lipinski definition) is 1. The molecule has 3 rings (SSSR count). The number of benzene rings is 1. The highest BCUT2D eigenvalue weighted by molar-refractivity contribution is 6.35. The zero-order chi connectivity index (χ0) is 12.0. The molecule has 0 spiro atoms. The minimum absolute atomic E-state index is 0.183. The molecule has 1 aromatic heterocycles. The van der Waals surface area contributed by atoms with E-state index in [0.717, 1.165) is 24.4 Å². The van der Waals surface area contributed by atoms with Gasteiger partial charge in [-0.15, -0.1) is 0 Å². The van der Waals surface area contributed by atoms with Gasteiger partial charge >= 0.3 is 0 Å². The summed E-state index contributed by atoms with van der Waals surface area (Å²) in [5, 5.41) is 2.08. The van der Waals surface area contributed by atoms with Crippen LogP contribution in [0, 0.1) is 0 Å². The van der Waals surface area contributed by atoms with E-state index in [-0.39, 0.29) is 6.04 Å². The molecule has 1 aliphatic rings. The maximum atomic E-state index is 6.36. The van der Waals surface area contributed by atoms with Crippen molar-refractivity contribution in [1.29, 1.82) is 0 Å². The molecule has 2 aromatic rings. The van der Waals surface area contributed by atoms with Crippen LogP contribution in [-0.4, -0.2) is 10.6 Å². The van der Waals surface area contributed by atoms with Gasteiger partial charge in [0.2, 0.25) is 0 Å². The molecule has 1 aliphatic heterocycles. The molecule has 0 saturated heterocycles. The van der Waals surface area contributed by atoms with Gasteiger partial charge in [-0.25, -0.2) is 0 Å². The minimum atomic E-state index is 0.183. The Labute approximate surface area is 106 Å². The molecule has 2 nitrogen and oxygen atoms in total. The molecule has 3 heteroatoms. The lowest BCUT2D eigenvalue weighted by molar-refractivity contribution is 0.733. The predicted octanol–water partition coefficient (Wildman–Crippen LogP) is 3.13. The van der Waals surface area contributed by atoms with E-state index in [9.17, 15) is 0 Å². The van der Waals surface area contributed by atoms with Crippen molar-refractivity contribution >= 4 is 22.5 Å². The van der Waals surface area contributed by atoms with E-state index in [1.807, 2.05) is 12.1 Å². The van der Waals surface area contributed by atoms with Crippen LogP contribution in [0.1, 0.15) is 24.6 Å². The Kier molecular flexibility index (Phi) is 2.64. The van der Waals surface area contributed by atoms with E-state index < -0.39 is 0 Å². The van der Waals surface area contributed by atoms with Gasteiger partial charge in [-0.1, -0.05) is 17.7 Å². The maximum Gasteiger partial charge on any atom is 0.0502 e. The lowest BCUT2D eigenvalue weighted by atomic mass is 10.0. The van der Waals surface area contributed by atoms with Crippen LogP contribution < -0.4 is 5.73 Å². The number of fused-ring (bicyclic) bond motifs is 3. The lowest BCUT2D eigenvalue weighted by Gasteiger charge is -2.06. The van der Waals surface area contributed by atoms with Gasteiger partial charge in [-0.05, 0) is 43.9 Å². The Morgan fingerprint density at radius 3 is 3.06 bits per heavy atom. The van der Waals surface area contributed by atoms with Crippen LogP contribution in [0.3, 0.4) is 0 Å². The van der Waals surface area contributed by atoms with Crippen LogP contribution in [0.5, 0.6) is 0 Å². The van der Waals surface area contributed by atoms with Crippen molar-refractivity contribution in [2.45, 2.75) is 38.8 Å². The van der Waals surface area contributed by atoms with Gasteiger partial charge in [0.25, 0.3) is 0 Å². The minimum Gasteiger partial charge on any atom is -0.344 e. The molecular weight excluding hydrogens is 232 g/mol. The fourth-order valence-electron chi connectivity index (χ4n) is 2.98. The van der Waals surface area contributed by atoms with E-state index in [0.29, 0.717) is 0 Å². The summed E-state index contributed by atoms with van der Waals surface area (Å²) in [6, 6.07) is 6.36. The van der Waals surface area contributed by atoms with Gasteiger partial charge < -0.3 is 10.3 Å². The average Bonchev–Trinajstić information content (AvgIpc) is 2.82. The zero-order valence-corrected chi connectivity index (χ0v) is 10.8. The monoisotopic (exact) mass is 248 g/mol. The van der Waals surface area contributed by atoms with E-state index >= 15 is 0 Å². The molecule has 2 heterocycles. The molecular formula is C14H17ClN2. The van der Waals surface area contributed by atoms with Crippen molar-refractivity contribution in [2.24, 2.45) is 5.73 Å². The quantitative estimate of drug-likeness (QED) is 0.870. The van der Waals surface area contributed by atoms with Gasteiger partial charge in [0.15, 0.2) is 0 Å². The van der Waals surface area contributed by atoms with Crippen molar-refractivity contribution in [3.05, 3.63) is 34.5 Å². The number of nitrogens with zero attached hydrogens (tertiary/aromatic N) is 1. The van der Waals surface area contributed by atoms with E-state index in [1.165, 1.54) is 28.6 Å². The number of aryl methyl sites for hydroxylation is 1. The smallest absolute Gasteiger partial charge is 0.0502 e. The fourth-order valence-corrected chi connectivity index (χ4v) is 3.26. The molecule has 0 bridgehead atoms. The van der Waals surface area contributed by atoms with Crippen LogP contribution in [0.2, 0.25) is 5.02 Å². The first-order valence-corrected chi connectivity index (χ1v) is 6.60. The molecule has 0 radical (unpaired) electrons. The van der Waals surface area contributed by atoms with Crippen molar-refractivity contribution in [3.8, 4) is 0 Å². The van der Waals surface area contributed by atoms with Gasteiger partial charge in [0.05, 0.1) is 10.5 Å². The summed E-state index contributed by atoms with van der Waals surface area (Å²) >= 11 is 6.36. The molecule has 1 aromatic carbocycles. The zero-order valence-electron chi connectivity index (χ0n) is 10.0. The summed E-state index contributed by atoms with van der Waals surface area (Å²) < 4.78 is 2.42. The first-order valence-electron chi connectivity index (χ1n) is 6.22. The number of rotatable bonds is 2. The van der Waals surface area contributed by atoms with Gasteiger partial charge in [0, 0.05) is 23.7 Å². The maximum absolute atomic E-state index is 6.36. The number of aromatic nitrogens is 1. The van der Waals surface area contributed by atoms with Crippen molar-refractivity contribution < 1.29 is 0 Å². The second kappa shape index (κ2) is 4.04. The first-order chi connectivity index (χ1) is 8.18. The Morgan fingerprint density at radius 2 is 2.29 bits per heavy atom. The molecule has 17 heavy (non-hydrogen) atoms. The van der Waals surface area contributed by atoms with Crippen LogP contribution >= 0.6 is 11.6 Å². The third-order valence-corrected chi connectivity index (χ3v) is 3.89. The summed E-state index contributed by atoms with van der Waals surface area (Å²) in [5.74, 6) is 0. The lowest BCUT2D eigenvalue weighted by Crippen LogP contribution is -2.18. The van der Waals surface area contributed by atoms with E-state index in [1.54, 1.807) is 0 Å². The average molecular weight is 249 g/mol. The molecule has 1 atom stereocenters. The molecule has 1 unspecified atom stereocenters. The molecule has 0 fully saturated rings. The summed E-state index contributed by atoms with van der Waals surface area (Å²) in [4.78, 5) is 0. The fraction of sp³-hybridized carbons (Fsp3) is 0.429. The number of hydrogen-bond acceptors (Lipinski definition) is 1. The number of nitrogens with two attached hydrogens (primary N) is 1. The predicted molar refractivity (Wildman–Crippen MR) is 72.6 cm³/mol. The Balaban J connectivity index is 2.31. The second-order valence-corrected chi connectivity index (χ2v) is 5.40. The van der Waals surface area contributed by atoms with Crippen molar-refractivity contribution in [1.82, 2.24) is 4.57 Å². The topological polar surface area (TPSA) is 30.9 Å². The third-order valence-electron chi connectivity index (χ3n) is 3.58.